The van der Waals surface area contributed by atoms with Crippen LogP contribution in [0.3, 0.4) is 0 Å². The Morgan fingerprint density at radius 2 is 1.74 bits per heavy atom. The molecule has 2 N–H and O–H groups in total. The molecule has 0 atom stereocenters. The van der Waals surface area contributed by atoms with Gasteiger partial charge in [0, 0.05) is 43.6 Å². The van der Waals surface area contributed by atoms with E-state index in [1.165, 1.54) is 12.8 Å². The Balaban J connectivity index is 1.96. The maximum absolute atomic E-state index is 13.3. The van der Waals surface area contributed by atoms with Crippen LogP contribution in [0.4, 0.5) is 14.5 Å². The zero-order chi connectivity index (χ0) is 13.5. The summed E-state index contributed by atoms with van der Waals surface area (Å²) in [6.07, 6.45) is 2.14. The van der Waals surface area contributed by atoms with Gasteiger partial charge < -0.3 is 10.6 Å². The molecule has 0 amide bonds. The number of nitrogens with zero attached hydrogens (tertiary/aromatic N) is 1. The molecule has 1 aliphatic carbocycles. The molecule has 1 heterocycles. The van der Waals surface area contributed by atoms with Crippen LogP contribution in [0.2, 0.25) is 0 Å². The molecule has 1 saturated carbocycles. The van der Waals surface area contributed by atoms with E-state index in [4.69, 9.17) is 5.73 Å². The van der Waals surface area contributed by atoms with Crippen molar-refractivity contribution in [2.24, 2.45) is 5.73 Å². The average Bonchev–Trinajstić information content (AvgIpc) is 2.89. The van der Waals surface area contributed by atoms with Crippen LogP contribution < -0.4 is 10.6 Å². The Morgan fingerprint density at radius 3 is 2.32 bits per heavy atom. The fourth-order valence-electron chi connectivity index (χ4n) is 3.54. The Morgan fingerprint density at radius 1 is 1.11 bits per heavy atom. The normalized spacial score (nSPS) is 24.3. The number of halogens is 2. The van der Waals surface area contributed by atoms with Gasteiger partial charge in [0.15, 0.2) is 0 Å². The molecule has 0 bridgehead atoms. The lowest BCUT2D eigenvalue weighted by Crippen LogP contribution is -2.54. The quantitative estimate of drug-likeness (QED) is 0.911. The molecule has 104 valence electrons. The van der Waals surface area contributed by atoms with E-state index in [9.17, 15) is 8.78 Å². The smallest absolute Gasteiger partial charge is 0.250 e. The minimum Gasteiger partial charge on any atom is -0.371 e. The van der Waals surface area contributed by atoms with Crippen LogP contribution in [0.15, 0.2) is 24.3 Å². The molecule has 2 nitrogen and oxygen atoms in total. The van der Waals surface area contributed by atoms with Crippen molar-refractivity contribution in [3.8, 4) is 0 Å². The molecule has 19 heavy (non-hydrogen) atoms. The highest BCUT2D eigenvalue weighted by Gasteiger charge is 2.57. The first-order chi connectivity index (χ1) is 9.06. The van der Waals surface area contributed by atoms with Gasteiger partial charge in [0.25, 0.3) is 0 Å². The van der Waals surface area contributed by atoms with Crippen LogP contribution in [0, 0.1) is 0 Å². The van der Waals surface area contributed by atoms with Gasteiger partial charge in [0.2, 0.25) is 5.92 Å². The van der Waals surface area contributed by atoms with Gasteiger partial charge in [-0.05, 0) is 24.5 Å². The molecule has 2 fully saturated rings. The van der Waals surface area contributed by atoms with Gasteiger partial charge in [-0.2, -0.15) is 0 Å². The first-order valence-corrected chi connectivity index (χ1v) is 6.99. The van der Waals surface area contributed by atoms with E-state index in [0.717, 1.165) is 24.3 Å². The van der Waals surface area contributed by atoms with Crippen molar-refractivity contribution in [1.82, 2.24) is 0 Å². The minimum absolute atomic E-state index is 0.110. The standard InChI is InChI=1S/C15H20F2N2/c16-15(17)9-14(10-15,11-18)12-5-1-2-6-13(12)19-7-3-4-8-19/h1-2,5-6H,3-4,7-11,18H2. The second kappa shape index (κ2) is 4.44. The van der Waals surface area contributed by atoms with Crippen molar-refractivity contribution in [3.63, 3.8) is 0 Å². The number of rotatable bonds is 3. The van der Waals surface area contributed by atoms with E-state index in [0.29, 0.717) is 6.54 Å². The van der Waals surface area contributed by atoms with Gasteiger partial charge in [-0.25, -0.2) is 8.78 Å². The van der Waals surface area contributed by atoms with E-state index in [1.54, 1.807) is 0 Å². The number of hydrogen-bond acceptors (Lipinski definition) is 2. The van der Waals surface area contributed by atoms with Gasteiger partial charge in [-0.3, -0.25) is 0 Å². The zero-order valence-corrected chi connectivity index (χ0v) is 11.0. The summed E-state index contributed by atoms with van der Waals surface area (Å²) in [5.74, 6) is -2.54. The number of anilines is 1. The zero-order valence-electron chi connectivity index (χ0n) is 11.0. The van der Waals surface area contributed by atoms with Crippen LogP contribution in [0.5, 0.6) is 0 Å². The molecule has 0 unspecified atom stereocenters. The fraction of sp³-hybridized carbons (Fsp3) is 0.600. The number of para-hydroxylation sites is 1. The molecular formula is C15H20F2N2. The van der Waals surface area contributed by atoms with Gasteiger partial charge >= 0.3 is 0 Å². The molecule has 1 aliphatic heterocycles. The minimum atomic E-state index is -2.54. The summed E-state index contributed by atoms with van der Waals surface area (Å²) < 4.78 is 26.7. The Labute approximate surface area is 112 Å². The molecule has 4 heteroatoms. The molecule has 3 rings (SSSR count). The third-order valence-corrected chi connectivity index (χ3v) is 4.51. The van der Waals surface area contributed by atoms with Crippen molar-refractivity contribution in [2.75, 3.05) is 24.5 Å². The van der Waals surface area contributed by atoms with Crippen LogP contribution in [-0.2, 0) is 5.41 Å². The first-order valence-electron chi connectivity index (χ1n) is 6.99. The number of alkyl halides is 2. The summed E-state index contributed by atoms with van der Waals surface area (Å²) in [5, 5.41) is 0. The number of hydrogen-bond donors (Lipinski definition) is 1. The van der Waals surface area contributed by atoms with Crippen LogP contribution in [-0.4, -0.2) is 25.6 Å². The molecule has 1 aromatic rings. The van der Waals surface area contributed by atoms with Crippen molar-refractivity contribution in [2.45, 2.75) is 37.0 Å². The molecule has 2 aliphatic rings. The highest BCUT2D eigenvalue weighted by atomic mass is 19.3. The summed E-state index contributed by atoms with van der Waals surface area (Å²) >= 11 is 0. The van der Waals surface area contributed by atoms with Crippen molar-refractivity contribution >= 4 is 5.69 Å². The highest BCUT2D eigenvalue weighted by Crippen LogP contribution is 2.54. The van der Waals surface area contributed by atoms with Crippen LogP contribution in [0.25, 0.3) is 0 Å². The van der Waals surface area contributed by atoms with E-state index in [1.807, 2.05) is 18.2 Å². The summed E-state index contributed by atoms with van der Waals surface area (Å²) in [5.41, 5.74) is 7.44. The Hall–Kier alpha value is -1.16. The first kappa shape index (κ1) is 12.9. The van der Waals surface area contributed by atoms with E-state index < -0.39 is 11.3 Å². The lowest BCUT2D eigenvalue weighted by molar-refractivity contribution is -0.123. The third-order valence-electron chi connectivity index (χ3n) is 4.51. The molecule has 0 spiro atoms. The van der Waals surface area contributed by atoms with Crippen LogP contribution >= 0.6 is 0 Å². The number of benzene rings is 1. The lowest BCUT2D eigenvalue weighted by atomic mass is 9.61. The largest absolute Gasteiger partial charge is 0.371 e. The predicted molar refractivity (Wildman–Crippen MR) is 72.8 cm³/mol. The Bertz CT molecular complexity index is 459. The molecule has 0 radical (unpaired) electrons. The maximum Gasteiger partial charge on any atom is 0.250 e. The molecule has 1 saturated heterocycles. The Kier molecular flexibility index (Phi) is 3.01. The summed E-state index contributed by atoms with van der Waals surface area (Å²) in [4.78, 5) is 2.31. The topological polar surface area (TPSA) is 29.3 Å². The lowest BCUT2D eigenvalue weighted by Gasteiger charge is -2.48. The van der Waals surface area contributed by atoms with Gasteiger partial charge in [0.05, 0.1) is 0 Å². The van der Waals surface area contributed by atoms with Crippen LogP contribution in [0.1, 0.15) is 31.2 Å². The highest BCUT2D eigenvalue weighted by molar-refractivity contribution is 5.58. The second-order valence-corrected chi connectivity index (χ2v) is 5.91. The third kappa shape index (κ3) is 2.12. The summed E-state index contributed by atoms with van der Waals surface area (Å²) in [6, 6.07) is 7.95. The maximum atomic E-state index is 13.3. The van der Waals surface area contributed by atoms with Gasteiger partial charge in [-0.1, -0.05) is 18.2 Å². The number of nitrogens with two attached hydrogens (primary N) is 1. The van der Waals surface area contributed by atoms with E-state index in [2.05, 4.69) is 11.0 Å². The monoisotopic (exact) mass is 266 g/mol. The molecule has 1 aromatic carbocycles. The molecule has 0 aromatic heterocycles. The fourth-order valence-corrected chi connectivity index (χ4v) is 3.54. The van der Waals surface area contributed by atoms with Gasteiger partial charge in [0.1, 0.15) is 0 Å². The second-order valence-electron chi connectivity index (χ2n) is 5.91. The SMILES string of the molecule is NCC1(c2ccccc2N2CCCC2)CC(F)(F)C1. The summed E-state index contributed by atoms with van der Waals surface area (Å²) in [7, 11) is 0. The molecular weight excluding hydrogens is 246 g/mol. The predicted octanol–water partition coefficient (Wildman–Crippen LogP) is 2.91. The van der Waals surface area contributed by atoms with Crippen molar-refractivity contribution < 1.29 is 8.78 Å². The van der Waals surface area contributed by atoms with E-state index in [-0.39, 0.29) is 12.8 Å². The van der Waals surface area contributed by atoms with Crippen molar-refractivity contribution in [3.05, 3.63) is 29.8 Å². The average molecular weight is 266 g/mol. The summed E-state index contributed by atoms with van der Waals surface area (Å²) in [6.45, 7) is 2.34. The van der Waals surface area contributed by atoms with Crippen molar-refractivity contribution in [1.29, 1.82) is 0 Å². The van der Waals surface area contributed by atoms with E-state index >= 15 is 0 Å². The van der Waals surface area contributed by atoms with Gasteiger partial charge in [-0.15, -0.1) is 0 Å².